The van der Waals surface area contributed by atoms with Crippen LogP contribution in [0.2, 0.25) is 0 Å². The zero-order valence-corrected chi connectivity index (χ0v) is 11.4. The summed E-state index contributed by atoms with van der Waals surface area (Å²) in [4.78, 5) is 23.8. The predicted molar refractivity (Wildman–Crippen MR) is 65.1 cm³/mol. The summed E-state index contributed by atoms with van der Waals surface area (Å²) in [5.41, 5.74) is 0. The average molecular weight is 296 g/mol. The summed E-state index contributed by atoms with van der Waals surface area (Å²) >= 11 is 0. The van der Waals surface area contributed by atoms with Crippen LogP contribution in [0.15, 0.2) is 0 Å². The summed E-state index contributed by atoms with van der Waals surface area (Å²) in [6.07, 6.45) is -3.97. The van der Waals surface area contributed by atoms with Crippen molar-refractivity contribution in [3.05, 3.63) is 0 Å². The molecule has 5 nitrogen and oxygen atoms in total. The lowest BCUT2D eigenvalue weighted by molar-refractivity contribution is -0.162. The molecule has 0 saturated carbocycles. The number of nitrogens with zero attached hydrogens (tertiary/aromatic N) is 1. The van der Waals surface area contributed by atoms with Crippen LogP contribution < -0.4 is 5.32 Å². The van der Waals surface area contributed by atoms with E-state index >= 15 is 0 Å². The molecule has 1 fully saturated rings. The lowest BCUT2D eigenvalue weighted by atomic mass is 9.97. The second kappa shape index (κ2) is 6.32. The Morgan fingerprint density at radius 3 is 2.10 bits per heavy atom. The molecule has 0 aliphatic carbocycles. The van der Waals surface area contributed by atoms with Crippen LogP contribution >= 0.6 is 0 Å². The number of alkyl halides is 3. The van der Waals surface area contributed by atoms with Crippen molar-refractivity contribution < 1.29 is 27.9 Å². The van der Waals surface area contributed by atoms with Crippen molar-refractivity contribution in [2.24, 2.45) is 11.8 Å². The highest BCUT2D eigenvalue weighted by Crippen LogP contribution is 2.26. The van der Waals surface area contributed by atoms with E-state index < -0.39 is 36.1 Å². The molecular weight excluding hydrogens is 277 g/mol. The fraction of sp³-hybridized carbons (Fsp3) is 0.833. The lowest BCUT2D eigenvalue weighted by Gasteiger charge is -2.33. The molecule has 1 heterocycles. The number of aliphatic carboxylic acids is 1. The van der Waals surface area contributed by atoms with E-state index in [1.165, 1.54) is 18.7 Å². The second-order valence-electron chi connectivity index (χ2n) is 5.31. The second-order valence-corrected chi connectivity index (χ2v) is 5.31. The standard InChI is InChI=1S/C12H19F3N2O3/c1-7(2)9(12(13,14)15)16-11(20)17-5-3-8(4-6-17)10(18)19/h7-9H,3-6H2,1-2H3,(H,16,20)(H,18,19)/t9-/m0/s1. The van der Waals surface area contributed by atoms with E-state index in [1.807, 2.05) is 5.32 Å². The Hall–Kier alpha value is -1.47. The molecule has 1 aliphatic rings. The molecule has 2 N–H and O–H groups in total. The molecule has 0 aromatic heterocycles. The average Bonchev–Trinajstić information content (AvgIpc) is 2.33. The van der Waals surface area contributed by atoms with Crippen LogP contribution in [0, 0.1) is 11.8 Å². The first-order valence-electron chi connectivity index (χ1n) is 6.48. The smallest absolute Gasteiger partial charge is 0.408 e. The Morgan fingerprint density at radius 1 is 1.25 bits per heavy atom. The van der Waals surface area contributed by atoms with Crippen LogP contribution in [0.1, 0.15) is 26.7 Å². The van der Waals surface area contributed by atoms with Crippen molar-refractivity contribution in [2.45, 2.75) is 38.9 Å². The number of likely N-dealkylation sites (tertiary alicyclic amines) is 1. The molecule has 2 amide bonds. The summed E-state index contributed by atoms with van der Waals surface area (Å²) in [5, 5.41) is 10.8. The minimum Gasteiger partial charge on any atom is -0.481 e. The van der Waals surface area contributed by atoms with Gasteiger partial charge >= 0.3 is 18.2 Å². The van der Waals surface area contributed by atoms with E-state index in [0.717, 1.165) is 0 Å². The molecule has 1 atom stereocenters. The predicted octanol–water partition coefficient (Wildman–Crippen LogP) is 2.08. The highest BCUT2D eigenvalue weighted by Gasteiger charge is 2.43. The number of halogens is 3. The summed E-state index contributed by atoms with van der Waals surface area (Å²) in [5.74, 6) is -2.22. The van der Waals surface area contributed by atoms with Gasteiger partial charge < -0.3 is 15.3 Å². The van der Waals surface area contributed by atoms with Gasteiger partial charge in [-0.25, -0.2) is 4.79 Å². The number of carbonyl (C=O) groups is 2. The first-order valence-corrected chi connectivity index (χ1v) is 6.48. The van der Waals surface area contributed by atoms with Gasteiger partial charge in [-0.2, -0.15) is 13.2 Å². The van der Waals surface area contributed by atoms with Crippen LogP contribution in [-0.4, -0.2) is 47.3 Å². The third-order valence-electron chi connectivity index (χ3n) is 3.43. The number of hydrogen-bond donors (Lipinski definition) is 2. The number of urea groups is 1. The van der Waals surface area contributed by atoms with Gasteiger partial charge in [-0.05, 0) is 18.8 Å². The lowest BCUT2D eigenvalue weighted by Crippen LogP contribution is -2.54. The first kappa shape index (κ1) is 16.6. The molecule has 0 aromatic carbocycles. The Balaban J connectivity index is 2.57. The fourth-order valence-corrected chi connectivity index (χ4v) is 2.18. The van der Waals surface area contributed by atoms with Crippen molar-refractivity contribution in [3.63, 3.8) is 0 Å². The number of rotatable bonds is 3. The van der Waals surface area contributed by atoms with Gasteiger partial charge in [0.15, 0.2) is 0 Å². The normalized spacial score (nSPS) is 19.0. The van der Waals surface area contributed by atoms with Crippen LogP contribution in [0.4, 0.5) is 18.0 Å². The Morgan fingerprint density at radius 2 is 1.75 bits per heavy atom. The summed E-state index contributed by atoms with van der Waals surface area (Å²) in [6, 6.07) is -2.68. The molecule has 1 saturated heterocycles. The van der Waals surface area contributed by atoms with Crippen LogP contribution in [-0.2, 0) is 4.79 Å². The third-order valence-corrected chi connectivity index (χ3v) is 3.43. The number of carboxylic acid groups (broad SMARTS) is 1. The molecule has 116 valence electrons. The van der Waals surface area contributed by atoms with Gasteiger partial charge in [-0.3, -0.25) is 4.79 Å². The number of amides is 2. The van der Waals surface area contributed by atoms with Crippen molar-refractivity contribution in [1.29, 1.82) is 0 Å². The van der Waals surface area contributed by atoms with E-state index in [1.54, 1.807) is 0 Å². The van der Waals surface area contributed by atoms with Gasteiger partial charge in [0, 0.05) is 13.1 Å². The van der Waals surface area contributed by atoms with Crippen molar-refractivity contribution >= 4 is 12.0 Å². The van der Waals surface area contributed by atoms with Gasteiger partial charge in [-0.1, -0.05) is 13.8 Å². The minimum atomic E-state index is -4.50. The summed E-state index contributed by atoms with van der Waals surface area (Å²) in [7, 11) is 0. The highest BCUT2D eigenvalue weighted by molar-refractivity contribution is 5.75. The van der Waals surface area contributed by atoms with Crippen LogP contribution in [0.5, 0.6) is 0 Å². The molecule has 8 heteroatoms. The van der Waals surface area contributed by atoms with Gasteiger partial charge in [0.2, 0.25) is 0 Å². The molecule has 20 heavy (non-hydrogen) atoms. The number of carbonyl (C=O) groups excluding carboxylic acids is 1. The molecule has 0 bridgehead atoms. The largest absolute Gasteiger partial charge is 0.481 e. The van der Waals surface area contributed by atoms with Crippen molar-refractivity contribution in [2.75, 3.05) is 13.1 Å². The van der Waals surface area contributed by atoms with Crippen molar-refractivity contribution in [3.8, 4) is 0 Å². The summed E-state index contributed by atoms with van der Waals surface area (Å²) < 4.78 is 38.3. The SMILES string of the molecule is CC(C)[C@H](NC(=O)N1CCC(C(=O)O)CC1)C(F)(F)F. The topological polar surface area (TPSA) is 69.6 Å². The zero-order chi connectivity index (χ0) is 15.5. The van der Waals surface area contributed by atoms with E-state index in [-0.39, 0.29) is 25.9 Å². The van der Waals surface area contributed by atoms with Gasteiger partial charge in [0.25, 0.3) is 0 Å². The molecule has 0 unspecified atom stereocenters. The van der Waals surface area contributed by atoms with Crippen LogP contribution in [0.25, 0.3) is 0 Å². The number of piperidine rings is 1. The first-order chi connectivity index (χ1) is 9.12. The maximum atomic E-state index is 12.8. The van der Waals surface area contributed by atoms with E-state index in [9.17, 15) is 22.8 Å². The molecule has 0 spiro atoms. The third kappa shape index (κ3) is 4.28. The monoisotopic (exact) mass is 296 g/mol. The summed E-state index contributed by atoms with van der Waals surface area (Å²) in [6.45, 7) is 3.08. The van der Waals surface area contributed by atoms with E-state index in [0.29, 0.717) is 0 Å². The van der Waals surface area contributed by atoms with Crippen molar-refractivity contribution in [1.82, 2.24) is 10.2 Å². The van der Waals surface area contributed by atoms with Gasteiger partial charge in [0.1, 0.15) is 6.04 Å². The quantitative estimate of drug-likeness (QED) is 0.837. The Kier molecular flexibility index (Phi) is 5.24. The van der Waals surface area contributed by atoms with E-state index in [4.69, 9.17) is 5.11 Å². The van der Waals surface area contributed by atoms with Gasteiger partial charge in [-0.15, -0.1) is 0 Å². The Labute approximate surface area is 115 Å². The van der Waals surface area contributed by atoms with Crippen LogP contribution in [0.3, 0.4) is 0 Å². The highest BCUT2D eigenvalue weighted by atomic mass is 19.4. The zero-order valence-electron chi connectivity index (χ0n) is 11.4. The number of hydrogen-bond acceptors (Lipinski definition) is 2. The minimum absolute atomic E-state index is 0.158. The van der Waals surface area contributed by atoms with E-state index in [2.05, 4.69) is 0 Å². The van der Waals surface area contributed by atoms with Gasteiger partial charge in [0.05, 0.1) is 5.92 Å². The maximum absolute atomic E-state index is 12.8. The molecule has 1 aliphatic heterocycles. The number of nitrogens with one attached hydrogen (secondary N) is 1. The molecule has 1 rings (SSSR count). The Bertz CT molecular complexity index is 363. The number of carboxylic acids is 1. The maximum Gasteiger partial charge on any atom is 0.408 e. The molecule has 0 aromatic rings. The molecular formula is C12H19F3N2O3. The fourth-order valence-electron chi connectivity index (χ4n) is 2.18. The molecule has 0 radical (unpaired) electrons.